The number of amides is 1. The van der Waals surface area contributed by atoms with E-state index >= 15 is 0 Å². The number of carbonyl (C=O) groups excluding carboxylic acids is 1. The van der Waals surface area contributed by atoms with Crippen molar-refractivity contribution in [1.29, 1.82) is 0 Å². The summed E-state index contributed by atoms with van der Waals surface area (Å²) in [5, 5.41) is 6.21. The topological polar surface area (TPSA) is 103 Å². The van der Waals surface area contributed by atoms with E-state index in [9.17, 15) is 4.79 Å². The maximum atomic E-state index is 11.7. The largest absolute Gasteiger partial charge is 0.474 e. The van der Waals surface area contributed by atoms with Gasteiger partial charge in [-0.3, -0.25) is 4.79 Å². The minimum atomic E-state index is -0.149. The van der Waals surface area contributed by atoms with Gasteiger partial charge in [-0.15, -0.1) is 0 Å². The Morgan fingerprint density at radius 3 is 2.97 bits per heavy atom. The fourth-order valence-corrected chi connectivity index (χ4v) is 4.28. The lowest BCUT2D eigenvalue weighted by Crippen LogP contribution is -2.26. The van der Waals surface area contributed by atoms with E-state index in [-0.39, 0.29) is 17.9 Å². The molecule has 2 aliphatic heterocycles. The summed E-state index contributed by atoms with van der Waals surface area (Å²) in [6.45, 7) is 3.99. The maximum absolute atomic E-state index is 11.7. The molecule has 2 N–H and O–H groups in total. The van der Waals surface area contributed by atoms with Crippen LogP contribution in [0.15, 0.2) is 24.7 Å². The number of rotatable bonds is 5. The second-order valence-corrected chi connectivity index (χ2v) is 8.51. The maximum Gasteiger partial charge on any atom is 0.241 e. The van der Waals surface area contributed by atoms with Crippen molar-refractivity contribution in [3.05, 3.63) is 24.7 Å². The molecule has 3 aromatic heterocycles. The van der Waals surface area contributed by atoms with Gasteiger partial charge in [-0.1, -0.05) is 0 Å². The summed E-state index contributed by atoms with van der Waals surface area (Å²) in [5.41, 5.74) is 4.25. The van der Waals surface area contributed by atoms with Gasteiger partial charge in [0.25, 0.3) is 0 Å². The molecular formula is C22H24N6O3. The first-order chi connectivity index (χ1) is 15.2. The Hall–Kier alpha value is -3.36. The number of nitrogens with one attached hydrogen (secondary N) is 2. The first-order valence-electron chi connectivity index (χ1n) is 10.8. The van der Waals surface area contributed by atoms with Gasteiger partial charge in [-0.25, -0.2) is 15.0 Å². The number of nitrogens with zero attached hydrogens (tertiary/aromatic N) is 4. The van der Waals surface area contributed by atoms with Crippen LogP contribution in [0.4, 0.5) is 5.69 Å². The summed E-state index contributed by atoms with van der Waals surface area (Å²) in [6, 6.07) is 4.44. The molecule has 2 atom stereocenters. The molecule has 1 aliphatic carbocycles. The van der Waals surface area contributed by atoms with Gasteiger partial charge in [-0.05, 0) is 31.9 Å². The van der Waals surface area contributed by atoms with E-state index < -0.39 is 0 Å². The number of anilines is 1. The van der Waals surface area contributed by atoms with E-state index in [1.54, 1.807) is 6.20 Å². The van der Waals surface area contributed by atoms with Crippen molar-refractivity contribution in [2.75, 3.05) is 25.0 Å². The molecule has 0 radical (unpaired) electrons. The molecule has 3 aromatic rings. The van der Waals surface area contributed by atoms with Crippen molar-refractivity contribution < 1.29 is 14.3 Å². The van der Waals surface area contributed by atoms with Gasteiger partial charge in [0, 0.05) is 43.2 Å². The normalized spacial score (nSPS) is 21.2. The zero-order valence-electron chi connectivity index (χ0n) is 17.3. The second kappa shape index (κ2) is 7.11. The fourth-order valence-electron chi connectivity index (χ4n) is 4.28. The number of fused-ring (bicyclic) bond motifs is 2. The molecule has 9 heteroatoms. The minimum absolute atomic E-state index is 0.0742. The number of hydrogen-bond donors (Lipinski definition) is 2. The van der Waals surface area contributed by atoms with Crippen LogP contribution < -0.4 is 20.1 Å². The molecule has 0 bridgehead atoms. The number of carbonyl (C=O) groups is 1. The van der Waals surface area contributed by atoms with Gasteiger partial charge < -0.3 is 24.7 Å². The van der Waals surface area contributed by atoms with Crippen LogP contribution in [0.3, 0.4) is 0 Å². The summed E-state index contributed by atoms with van der Waals surface area (Å²) >= 11 is 0. The van der Waals surface area contributed by atoms with Gasteiger partial charge in [-0.2, -0.15) is 0 Å². The Bertz CT molecular complexity index is 1170. The number of imidazole rings is 1. The molecule has 2 fully saturated rings. The zero-order valence-corrected chi connectivity index (χ0v) is 17.3. The molecule has 9 nitrogen and oxygen atoms in total. The molecule has 5 heterocycles. The van der Waals surface area contributed by atoms with E-state index in [0.717, 1.165) is 47.4 Å². The first kappa shape index (κ1) is 18.4. The lowest BCUT2D eigenvalue weighted by molar-refractivity contribution is -0.119. The van der Waals surface area contributed by atoms with Gasteiger partial charge in [0.15, 0.2) is 0 Å². The molecule has 3 aliphatic rings. The number of ether oxygens (including phenoxy) is 2. The van der Waals surface area contributed by atoms with E-state index in [1.165, 1.54) is 0 Å². The third kappa shape index (κ3) is 3.34. The van der Waals surface area contributed by atoms with Gasteiger partial charge >= 0.3 is 0 Å². The Morgan fingerprint density at radius 2 is 2.16 bits per heavy atom. The summed E-state index contributed by atoms with van der Waals surface area (Å²) in [7, 11) is 0. The van der Waals surface area contributed by atoms with E-state index in [1.807, 2.05) is 25.4 Å². The number of aromatic nitrogens is 4. The van der Waals surface area contributed by atoms with Crippen LogP contribution in [0.5, 0.6) is 11.8 Å². The Balaban J connectivity index is 1.41. The monoisotopic (exact) mass is 420 g/mol. The number of pyridine rings is 2. The van der Waals surface area contributed by atoms with Crippen molar-refractivity contribution in [2.45, 2.75) is 38.3 Å². The van der Waals surface area contributed by atoms with Crippen molar-refractivity contribution >= 4 is 22.6 Å². The zero-order chi connectivity index (χ0) is 20.9. The highest BCUT2D eigenvalue weighted by Gasteiger charge is 2.31. The van der Waals surface area contributed by atoms with Crippen molar-refractivity contribution in [2.24, 2.45) is 5.92 Å². The highest BCUT2D eigenvalue weighted by Crippen LogP contribution is 2.41. The van der Waals surface area contributed by atoms with Crippen LogP contribution >= 0.6 is 0 Å². The molecule has 1 saturated carbocycles. The quantitative estimate of drug-likeness (QED) is 0.654. The average Bonchev–Trinajstić information content (AvgIpc) is 3.39. The molecule has 1 amide bonds. The Morgan fingerprint density at radius 1 is 1.26 bits per heavy atom. The van der Waals surface area contributed by atoms with Gasteiger partial charge in [0.2, 0.25) is 17.7 Å². The Kier molecular flexibility index (Phi) is 4.22. The predicted molar refractivity (Wildman–Crippen MR) is 114 cm³/mol. The molecule has 0 unspecified atom stereocenters. The average molecular weight is 420 g/mol. The highest BCUT2D eigenvalue weighted by atomic mass is 16.5. The highest BCUT2D eigenvalue weighted by molar-refractivity contribution is 5.85. The lowest BCUT2D eigenvalue weighted by Gasteiger charge is -2.21. The fraction of sp³-hybridized carbons (Fsp3) is 0.455. The van der Waals surface area contributed by atoms with Crippen molar-refractivity contribution in [3.63, 3.8) is 0 Å². The molecule has 31 heavy (non-hydrogen) atoms. The van der Waals surface area contributed by atoms with Crippen molar-refractivity contribution in [3.8, 4) is 23.0 Å². The standard InChI is InChI=1S/C22H24N6O3/c1-12(13-7-19(29)24-9-13)31-22-20-17(26-11-28(20)15-2-3-15)8-16(27-22)14-6-18-21(25-10-14)30-5-4-23-18/h6,8,10-13,15,23H,2-5,7,9H2,1H3,(H,24,29)/t12-,13-/m1/s1. The van der Waals surface area contributed by atoms with Crippen LogP contribution in [-0.4, -0.2) is 51.2 Å². The lowest BCUT2D eigenvalue weighted by atomic mass is 10.0. The Labute approximate surface area is 179 Å². The van der Waals surface area contributed by atoms with E-state index in [4.69, 9.17) is 14.5 Å². The van der Waals surface area contributed by atoms with Crippen LogP contribution in [0.25, 0.3) is 22.3 Å². The molecule has 160 valence electrons. The SMILES string of the molecule is C[C@@H](Oc1nc(-c2cnc3c(c2)NCCO3)cc2ncn(C3CC3)c12)[C@H]1CNC(=O)C1. The predicted octanol–water partition coefficient (Wildman–Crippen LogP) is 2.54. The molecule has 0 aromatic carbocycles. The van der Waals surface area contributed by atoms with Crippen molar-refractivity contribution in [1.82, 2.24) is 24.8 Å². The van der Waals surface area contributed by atoms with E-state index in [2.05, 4.69) is 25.2 Å². The van der Waals surface area contributed by atoms with Crippen LogP contribution in [0.2, 0.25) is 0 Å². The summed E-state index contributed by atoms with van der Waals surface area (Å²) in [5.74, 6) is 1.37. The summed E-state index contributed by atoms with van der Waals surface area (Å²) < 4.78 is 14.2. The molecule has 0 spiro atoms. The second-order valence-electron chi connectivity index (χ2n) is 8.51. The first-order valence-corrected chi connectivity index (χ1v) is 10.8. The minimum Gasteiger partial charge on any atom is -0.474 e. The van der Waals surface area contributed by atoms with E-state index in [0.29, 0.717) is 37.4 Å². The summed E-state index contributed by atoms with van der Waals surface area (Å²) in [6.07, 6.45) is 6.26. The van der Waals surface area contributed by atoms with Gasteiger partial charge in [0.1, 0.15) is 18.2 Å². The molecule has 6 rings (SSSR count). The molecule has 1 saturated heterocycles. The summed E-state index contributed by atoms with van der Waals surface area (Å²) in [4.78, 5) is 25.7. The van der Waals surface area contributed by atoms with Gasteiger partial charge in [0.05, 0.1) is 23.2 Å². The smallest absolute Gasteiger partial charge is 0.241 e. The third-order valence-electron chi connectivity index (χ3n) is 6.23. The third-order valence-corrected chi connectivity index (χ3v) is 6.23. The number of hydrogen-bond acceptors (Lipinski definition) is 7. The van der Waals surface area contributed by atoms with Crippen LogP contribution in [0.1, 0.15) is 32.2 Å². The molecular weight excluding hydrogens is 396 g/mol. The van der Waals surface area contributed by atoms with Crippen LogP contribution in [-0.2, 0) is 4.79 Å². The van der Waals surface area contributed by atoms with Crippen LogP contribution in [0, 0.1) is 5.92 Å².